The highest BCUT2D eigenvalue weighted by molar-refractivity contribution is 6.32. The number of carbonyl (C=O) groups is 1. The Morgan fingerprint density at radius 3 is 2.59 bits per heavy atom. The maximum atomic E-state index is 12.7. The van der Waals surface area contributed by atoms with Crippen molar-refractivity contribution in [2.24, 2.45) is 5.10 Å². The number of nitrogens with zero attached hydrogens (tertiary/aromatic N) is 2. The first-order chi connectivity index (χ1) is 10.5. The van der Waals surface area contributed by atoms with Crippen molar-refractivity contribution in [1.82, 2.24) is 5.43 Å². The number of rotatable bonds is 4. The van der Waals surface area contributed by atoms with Gasteiger partial charge in [-0.1, -0.05) is 23.7 Å². The number of nitro groups is 1. The van der Waals surface area contributed by atoms with Gasteiger partial charge in [0, 0.05) is 11.6 Å². The predicted octanol–water partition coefficient (Wildman–Crippen LogP) is 3.15. The number of halogens is 2. The Kier molecular flexibility index (Phi) is 4.80. The van der Waals surface area contributed by atoms with Gasteiger partial charge in [0.2, 0.25) is 0 Å². The van der Waals surface area contributed by atoms with Gasteiger partial charge in [-0.15, -0.1) is 0 Å². The summed E-state index contributed by atoms with van der Waals surface area (Å²) in [7, 11) is 0. The minimum Gasteiger partial charge on any atom is -0.267 e. The molecule has 0 aliphatic heterocycles. The lowest BCUT2D eigenvalue weighted by Gasteiger charge is -2.01. The second-order valence-corrected chi connectivity index (χ2v) is 4.58. The van der Waals surface area contributed by atoms with Gasteiger partial charge in [0.1, 0.15) is 10.8 Å². The minimum absolute atomic E-state index is 0.0485. The van der Waals surface area contributed by atoms with E-state index >= 15 is 0 Å². The van der Waals surface area contributed by atoms with Crippen LogP contribution in [0.15, 0.2) is 47.6 Å². The van der Waals surface area contributed by atoms with E-state index in [9.17, 15) is 19.3 Å². The molecule has 0 aromatic heterocycles. The molecule has 0 bridgehead atoms. The number of nitrogens with one attached hydrogen (secondary N) is 1. The van der Waals surface area contributed by atoms with Crippen LogP contribution in [0.1, 0.15) is 15.9 Å². The van der Waals surface area contributed by atoms with Crippen LogP contribution in [0.25, 0.3) is 0 Å². The van der Waals surface area contributed by atoms with Crippen LogP contribution in [-0.2, 0) is 0 Å². The van der Waals surface area contributed by atoms with E-state index in [1.165, 1.54) is 42.6 Å². The van der Waals surface area contributed by atoms with Crippen LogP contribution in [-0.4, -0.2) is 17.0 Å². The molecular weight excluding hydrogens is 313 g/mol. The van der Waals surface area contributed by atoms with Crippen LogP contribution in [0.3, 0.4) is 0 Å². The van der Waals surface area contributed by atoms with Gasteiger partial charge in [-0.2, -0.15) is 5.10 Å². The van der Waals surface area contributed by atoms with Gasteiger partial charge in [0.15, 0.2) is 0 Å². The molecule has 6 nitrogen and oxygen atoms in total. The molecule has 0 spiro atoms. The van der Waals surface area contributed by atoms with Crippen molar-refractivity contribution in [2.45, 2.75) is 0 Å². The van der Waals surface area contributed by atoms with E-state index in [0.29, 0.717) is 5.56 Å². The summed E-state index contributed by atoms with van der Waals surface area (Å²) < 4.78 is 12.7. The summed E-state index contributed by atoms with van der Waals surface area (Å²) in [6.45, 7) is 0. The molecule has 2 rings (SSSR count). The molecule has 0 unspecified atom stereocenters. The van der Waals surface area contributed by atoms with Crippen molar-refractivity contribution in [1.29, 1.82) is 0 Å². The molecule has 0 atom stereocenters. The van der Waals surface area contributed by atoms with Gasteiger partial charge in [0.05, 0.1) is 11.1 Å². The number of benzene rings is 2. The molecule has 0 radical (unpaired) electrons. The highest BCUT2D eigenvalue weighted by atomic mass is 35.5. The van der Waals surface area contributed by atoms with Crippen molar-refractivity contribution in [3.8, 4) is 0 Å². The summed E-state index contributed by atoms with van der Waals surface area (Å²) in [5.41, 5.74) is 2.49. The second-order valence-electron chi connectivity index (χ2n) is 4.17. The molecule has 2 aromatic carbocycles. The average Bonchev–Trinajstić information content (AvgIpc) is 2.49. The highest BCUT2D eigenvalue weighted by Gasteiger charge is 2.15. The lowest BCUT2D eigenvalue weighted by molar-refractivity contribution is -0.384. The van der Waals surface area contributed by atoms with Crippen molar-refractivity contribution in [3.63, 3.8) is 0 Å². The van der Waals surface area contributed by atoms with Crippen LogP contribution < -0.4 is 5.43 Å². The third-order valence-corrected chi connectivity index (χ3v) is 2.97. The number of hydrogen-bond acceptors (Lipinski definition) is 4. The molecule has 0 heterocycles. The van der Waals surface area contributed by atoms with Gasteiger partial charge in [-0.25, -0.2) is 9.82 Å². The summed E-state index contributed by atoms with van der Waals surface area (Å²) in [5.74, 6) is -1.01. The fraction of sp³-hybridized carbons (Fsp3) is 0. The Bertz CT molecular complexity index is 747. The fourth-order valence-electron chi connectivity index (χ4n) is 1.57. The molecular formula is C14H9ClFN3O3. The number of hydrazone groups is 1. The third kappa shape index (κ3) is 3.86. The van der Waals surface area contributed by atoms with Gasteiger partial charge < -0.3 is 0 Å². The zero-order valence-corrected chi connectivity index (χ0v) is 11.7. The van der Waals surface area contributed by atoms with Crippen LogP contribution in [0.5, 0.6) is 0 Å². The standard InChI is InChI=1S/C14H9ClFN3O3/c15-12-6-3-10(7-13(12)19(21)22)14(20)18-17-8-9-1-4-11(16)5-2-9/h1-8H,(H,18,20). The average molecular weight is 322 g/mol. The lowest BCUT2D eigenvalue weighted by Crippen LogP contribution is -2.17. The molecule has 112 valence electrons. The molecule has 1 amide bonds. The Labute approximate surface area is 129 Å². The highest BCUT2D eigenvalue weighted by Crippen LogP contribution is 2.24. The Morgan fingerprint density at radius 2 is 1.95 bits per heavy atom. The Balaban J connectivity index is 2.08. The third-order valence-electron chi connectivity index (χ3n) is 2.65. The first kappa shape index (κ1) is 15.6. The summed E-state index contributed by atoms with van der Waals surface area (Å²) in [4.78, 5) is 21.9. The number of carbonyl (C=O) groups excluding carboxylic acids is 1. The monoisotopic (exact) mass is 321 g/mol. The summed E-state index contributed by atoms with van der Waals surface area (Å²) in [6, 6.07) is 9.15. The molecule has 0 aliphatic carbocycles. The smallest absolute Gasteiger partial charge is 0.267 e. The molecule has 2 aromatic rings. The van der Waals surface area contributed by atoms with Gasteiger partial charge in [0.25, 0.3) is 11.6 Å². The fourth-order valence-corrected chi connectivity index (χ4v) is 1.76. The Hall–Kier alpha value is -2.80. The zero-order valence-electron chi connectivity index (χ0n) is 11.0. The first-order valence-electron chi connectivity index (χ1n) is 6.00. The van der Waals surface area contributed by atoms with Crippen molar-refractivity contribution < 1.29 is 14.1 Å². The second kappa shape index (κ2) is 6.77. The number of nitro benzene ring substituents is 1. The SMILES string of the molecule is O=C(NN=Cc1ccc(F)cc1)c1ccc(Cl)c([N+](=O)[O-])c1. The minimum atomic E-state index is -0.680. The Morgan fingerprint density at radius 1 is 1.27 bits per heavy atom. The predicted molar refractivity (Wildman–Crippen MR) is 79.6 cm³/mol. The normalized spacial score (nSPS) is 10.6. The maximum Gasteiger partial charge on any atom is 0.288 e. The molecule has 0 saturated heterocycles. The molecule has 0 aliphatic rings. The lowest BCUT2D eigenvalue weighted by atomic mass is 10.2. The molecule has 1 N–H and O–H groups in total. The van der Waals surface area contributed by atoms with Gasteiger partial charge in [-0.05, 0) is 29.8 Å². The molecule has 8 heteroatoms. The topological polar surface area (TPSA) is 84.6 Å². The summed E-state index contributed by atoms with van der Waals surface area (Å²) >= 11 is 5.66. The van der Waals surface area contributed by atoms with E-state index in [4.69, 9.17) is 11.6 Å². The maximum absolute atomic E-state index is 12.7. The van der Waals surface area contributed by atoms with Crippen LogP contribution in [0, 0.1) is 15.9 Å². The van der Waals surface area contributed by atoms with E-state index in [-0.39, 0.29) is 22.1 Å². The molecule has 0 fully saturated rings. The molecule has 22 heavy (non-hydrogen) atoms. The van der Waals surface area contributed by atoms with E-state index in [2.05, 4.69) is 10.5 Å². The van der Waals surface area contributed by atoms with Crippen LogP contribution in [0.4, 0.5) is 10.1 Å². The largest absolute Gasteiger partial charge is 0.288 e. The molecule has 0 saturated carbocycles. The van der Waals surface area contributed by atoms with E-state index in [1.807, 2.05) is 0 Å². The van der Waals surface area contributed by atoms with Crippen molar-refractivity contribution in [3.05, 3.63) is 74.5 Å². The van der Waals surface area contributed by atoms with E-state index < -0.39 is 10.8 Å². The van der Waals surface area contributed by atoms with E-state index in [1.54, 1.807) is 0 Å². The summed E-state index contributed by atoms with van der Waals surface area (Å²) in [5, 5.41) is 14.4. The summed E-state index contributed by atoms with van der Waals surface area (Å²) in [6.07, 6.45) is 1.32. The number of hydrogen-bond donors (Lipinski definition) is 1. The van der Waals surface area contributed by atoms with Crippen LogP contribution in [0.2, 0.25) is 5.02 Å². The zero-order chi connectivity index (χ0) is 16.1. The number of amides is 1. The first-order valence-corrected chi connectivity index (χ1v) is 6.38. The van der Waals surface area contributed by atoms with Crippen molar-refractivity contribution in [2.75, 3.05) is 0 Å². The van der Waals surface area contributed by atoms with Crippen LogP contribution >= 0.6 is 11.6 Å². The van der Waals surface area contributed by atoms with Crippen molar-refractivity contribution >= 4 is 29.4 Å². The van der Waals surface area contributed by atoms with Gasteiger partial charge >= 0.3 is 0 Å². The van der Waals surface area contributed by atoms with Gasteiger partial charge in [-0.3, -0.25) is 14.9 Å². The van der Waals surface area contributed by atoms with E-state index in [0.717, 1.165) is 6.07 Å². The quantitative estimate of drug-likeness (QED) is 0.533.